The van der Waals surface area contributed by atoms with Gasteiger partial charge in [0.05, 0.1) is 21.7 Å². The molecule has 0 aromatic heterocycles. The minimum Gasteiger partial charge on any atom is -0.392 e. The topological polar surface area (TPSA) is 66.4 Å². The van der Waals surface area contributed by atoms with Crippen molar-refractivity contribution in [2.75, 3.05) is 4.72 Å². The fourth-order valence-electron chi connectivity index (χ4n) is 1.80. The van der Waals surface area contributed by atoms with E-state index in [2.05, 4.69) is 20.7 Å². The van der Waals surface area contributed by atoms with Gasteiger partial charge in [0.2, 0.25) is 0 Å². The molecular weight excluding hydrogens is 361 g/mol. The van der Waals surface area contributed by atoms with Crippen molar-refractivity contribution < 1.29 is 17.9 Å². The smallest absolute Gasteiger partial charge is 0.262 e. The molecule has 2 rings (SSSR count). The van der Waals surface area contributed by atoms with E-state index in [0.717, 1.165) is 6.07 Å². The zero-order chi connectivity index (χ0) is 15.6. The van der Waals surface area contributed by atoms with Crippen LogP contribution < -0.4 is 4.72 Å². The Morgan fingerprint density at radius 3 is 2.57 bits per heavy atom. The second-order valence-electron chi connectivity index (χ2n) is 4.49. The van der Waals surface area contributed by atoms with Crippen molar-refractivity contribution in [1.29, 1.82) is 0 Å². The van der Waals surface area contributed by atoms with Crippen LogP contribution in [-0.2, 0) is 16.6 Å². The third kappa shape index (κ3) is 3.61. The van der Waals surface area contributed by atoms with E-state index in [-0.39, 0.29) is 21.7 Å². The highest BCUT2D eigenvalue weighted by atomic mass is 79.9. The summed E-state index contributed by atoms with van der Waals surface area (Å²) >= 11 is 3.00. The predicted molar refractivity (Wildman–Crippen MR) is 82.0 cm³/mol. The van der Waals surface area contributed by atoms with Crippen molar-refractivity contribution in [3.05, 3.63) is 57.8 Å². The number of nitrogens with one attached hydrogen (secondary N) is 1. The molecule has 0 fully saturated rings. The number of hydrogen-bond acceptors (Lipinski definition) is 3. The summed E-state index contributed by atoms with van der Waals surface area (Å²) < 4.78 is 40.7. The first kappa shape index (κ1) is 15.9. The lowest BCUT2D eigenvalue weighted by Crippen LogP contribution is -2.14. The molecule has 0 saturated carbocycles. The molecule has 0 radical (unpaired) electrons. The van der Waals surface area contributed by atoms with Crippen LogP contribution in [0.4, 0.5) is 10.1 Å². The molecule has 0 amide bonds. The van der Waals surface area contributed by atoms with Gasteiger partial charge in [-0.25, -0.2) is 12.8 Å². The Hall–Kier alpha value is -1.44. The molecule has 0 bridgehead atoms. The highest BCUT2D eigenvalue weighted by molar-refractivity contribution is 9.10. The maximum Gasteiger partial charge on any atom is 0.262 e. The van der Waals surface area contributed by atoms with E-state index in [1.807, 2.05) is 0 Å². The lowest BCUT2D eigenvalue weighted by atomic mass is 10.2. The normalized spacial score (nSPS) is 11.4. The summed E-state index contributed by atoms with van der Waals surface area (Å²) in [7, 11) is -3.85. The van der Waals surface area contributed by atoms with Crippen LogP contribution >= 0.6 is 15.9 Å². The second-order valence-corrected chi connectivity index (χ2v) is 7.00. The maximum atomic E-state index is 13.4. The summed E-state index contributed by atoms with van der Waals surface area (Å²) in [4.78, 5) is 0.0531. The monoisotopic (exact) mass is 373 g/mol. The van der Waals surface area contributed by atoms with Crippen molar-refractivity contribution in [1.82, 2.24) is 0 Å². The molecule has 0 heterocycles. The Morgan fingerprint density at radius 2 is 1.95 bits per heavy atom. The summed E-state index contributed by atoms with van der Waals surface area (Å²) in [6.45, 7) is 1.40. The third-order valence-corrected chi connectivity index (χ3v) is 5.06. The number of anilines is 1. The van der Waals surface area contributed by atoms with E-state index in [9.17, 15) is 12.8 Å². The van der Waals surface area contributed by atoms with Crippen LogP contribution in [0.25, 0.3) is 0 Å². The van der Waals surface area contributed by atoms with E-state index in [0.29, 0.717) is 11.1 Å². The quantitative estimate of drug-likeness (QED) is 0.864. The second kappa shape index (κ2) is 6.13. The van der Waals surface area contributed by atoms with Crippen LogP contribution in [0.5, 0.6) is 0 Å². The summed E-state index contributed by atoms with van der Waals surface area (Å²) in [5.41, 5.74) is 1.16. The SMILES string of the molecule is Cc1ccc(CO)cc1S(=O)(=O)Nc1ccc(Br)c(F)c1. The van der Waals surface area contributed by atoms with Gasteiger partial charge in [-0.1, -0.05) is 12.1 Å². The van der Waals surface area contributed by atoms with Crippen molar-refractivity contribution >= 4 is 31.6 Å². The average molecular weight is 374 g/mol. The van der Waals surface area contributed by atoms with Crippen molar-refractivity contribution in [2.45, 2.75) is 18.4 Å². The van der Waals surface area contributed by atoms with Crippen LogP contribution in [0.2, 0.25) is 0 Å². The van der Waals surface area contributed by atoms with Gasteiger partial charge in [0.25, 0.3) is 10.0 Å². The Bertz CT molecular complexity index is 778. The molecule has 7 heteroatoms. The Balaban J connectivity index is 2.40. The molecule has 2 N–H and O–H groups in total. The molecule has 0 aliphatic carbocycles. The summed E-state index contributed by atoms with van der Waals surface area (Å²) in [5.74, 6) is -0.559. The van der Waals surface area contributed by atoms with Crippen molar-refractivity contribution in [2.24, 2.45) is 0 Å². The Kier molecular flexibility index (Phi) is 4.65. The van der Waals surface area contributed by atoms with E-state index in [1.54, 1.807) is 19.1 Å². The molecule has 0 aliphatic rings. The van der Waals surface area contributed by atoms with Crippen LogP contribution in [0.3, 0.4) is 0 Å². The Morgan fingerprint density at radius 1 is 1.24 bits per heavy atom. The van der Waals surface area contributed by atoms with E-state index in [4.69, 9.17) is 5.11 Å². The van der Waals surface area contributed by atoms with E-state index in [1.165, 1.54) is 18.2 Å². The number of halogens is 2. The molecule has 4 nitrogen and oxygen atoms in total. The molecular formula is C14H13BrFNO3S. The molecule has 2 aromatic rings. The Labute approximate surface area is 130 Å². The summed E-state index contributed by atoms with van der Waals surface area (Å²) in [5, 5.41) is 9.11. The fourth-order valence-corrected chi connectivity index (χ4v) is 3.39. The molecule has 0 spiro atoms. The minimum atomic E-state index is -3.85. The summed E-state index contributed by atoms with van der Waals surface area (Å²) in [6, 6.07) is 8.62. The summed E-state index contributed by atoms with van der Waals surface area (Å²) in [6.07, 6.45) is 0. The van der Waals surface area contributed by atoms with Gasteiger partial charge in [-0.05, 0) is 58.2 Å². The molecule has 0 unspecified atom stereocenters. The van der Waals surface area contributed by atoms with Gasteiger partial charge >= 0.3 is 0 Å². The molecule has 0 saturated heterocycles. The maximum absolute atomic E-state index is 13.4. The lowest BCUT2D eigenvalue weighted by molar-refractivity contribution is 0.281. The molecule has 0 atom stereocenters. The number of aliphatic hydroxyl groups excluding tert-OH is 1. The van der Waals surface area contributed by atoms with E-state index >= 15 is 0 Å². The standard InChI is InChI=1S/C14H13BrFNO3S/c1-9-2-3-10(8-18)6-14(9)21(19,20)17-11-4-5-12(15)13(16)7-11/h2-7,17-18H,8H2,1H3. The number of hydrogen-bond donors (Lipinski definition) is 2. The largest absolute Gasteiger partial charge is 0.392 e. The number of benzene rings is 2. The molecule has 112 valence electrons. The number of sulfonamides is 1. The molecule has 21 heavy (non-hydrogen) atoms. The number of aryl methyl sites for hydroxylation is 1. The minimum absolute atomic E-state index is 0.0531. The lowest BCUT2D eigenvalue weighted by Gasteiger charge is -2.12. The predicted octanol–water partition coefficient (Wildman–Crippen LogP) is 3.19. The fraction of sp³-hybridized carbons (Fsp3) is 0.143. The number of aliphatic hydroxyl groups is 1. The molecule has 0 aliphatic heterocycles. The number of rotatable bonds is 4. The zero-order valence-electron chi connectivity index (χ0n) is 11.1. The highest BCUT2D eigenvalue weighted by Gasteiger charge is 2.18. The third-order valence-electron chi connectivity index (χ3n) is 2.90. The highest BCUT2D eigenvalue weighted by Crippen LogP contribution is 2.24. The van der Waals surface area contributed by atoms with Crippen LogP contribution in [-0.4, -0.2) is 13.5 Å². The average Bonchev–Trinajstić information content (AvgIpc) is 2.43. The van der Waals surface area contributed by atoms with Crippen LogP contribution in [0, 0.1) is 12.7 Å². The zero-order valence-corrected chi connectivity index (χ0v) is 13.5. The van der Waals surface area contributed by atoms with Gasteiger partial charge in [0.15, 0.2) is 0 Å². The van der Waals surface area contributed by atoms with Crippen LogP contribution in [0.15, 0.2) is 45.8 Å². The first-order valence-electron chi connectivity index (χ1n) is 6.02. The van der Waals surface area contributed by atoms with Gasteiger partial charge in [-0.2, -0.15) is 0 Å². The van der Waals surface area contributed by atoms with Crippen LogP contribution in [0.1, 0.15) is 11.1 Å². The first-order chi connectivity index (χ1) is 9.83. The van der Waals surface area contributed by atoms with Gasteiger partial charge in [-0.15, -0.1) is 0 Å². The molecule has 2 aromatic carbocycles. The van der Waals surface area contributed by atoms with Gasteiger partial charge in [0.1, 0.15) is 5.82 Å². The van der Waals surface area contributed by atoms with Gasteiger partial charge in [0, 0.05) is 0 Å². The van der Waals surface area contributed by atoms with E-state index < -0.39 is 15.8 Å². The van der Waals surface area contributed by atoms with Crippen molar-refractivity contribution in [3.8, 4) is 0 Å². The van der Waals surface area contributed by atoms with Crippen molar-refractivity contribution in [3.63, 3.8) is 0 Å². The first-order valence-corrected chi connectivity index (χ1v) is 8.29. The van der Waals surface area contributed by atoms with Gasteiger partial charge < -0.3 is 5.11 Å². The van der Waals surface area contributed by atoms with Gasteiger partial charge in [-0.3, -0.25) is 4.72 Å².